The van der Waals surface area contributed by atoms with Crippen molar-refractivity contribution in [1.29, 1.82) is 0 Å². The third-order valence-electron chi connectivity index (χ3n) is 5.39. The van der Waals surface area contributed by atoms with E-state index in [0.717, 1.165) is 11.1 Å². The Labute approximate surface area is 200 Å². The molecule has 0 saturated heterocycles. The Bertz CT molecular complexity index is 1190. The molecular formula is C25H23N3O5S. The van der Waals surface area contributed by atoms with Gasteiger partial charge in [0, 0.05) is 36.9 Å². The van der Waals surface area contributed by atoms with Gasteiger partial charge in [-0.3, -0.25) is 4.79 Å². The van der Waals surface area contributed by atoms with Gasteiger partial charge in [-0.25, -0.2) is 14.6 Å². The summed E-state index contributed by atoms with van der Waals surface area (Å²) in [6.45, 7) is 0.707. The van der Waals surface area contributed by atoms with E-state index in [1.165, 1.54) is 40.0 Å². The fraction of sp³-hybridized carbons (Fsp3) is 0.200. The van der Waals surface area contributed by atoms with Gasteiger partial charge in [0.2, 0.25) is 5.91 Å². The standard InChI is InChI=1S/C25H23N3O5S/c29-22(26-13-11-23-28-21(15-34-23)24(30)31)10-5-12-27-25(32)33-14-20-18-8-3-1-6-16(18)17-7-2-4-9-19(17)20/h1-10,15,20H,11-14H2,(H,26,29)(H,27,32)(H,30,31)/b10-5+. The van der Waals surface area contributed by atoms with Crippen LogP contribution in [-0.4, -0.2) is 47.8 Å². The number of nitrogens with one attached hydrogen (secondary N) is 2. The number of hydrogen-bond donors (Lipinski definition) is 3. The summed E-state index contributed by atoms with van der Waals surface area (Å²) in [7, 11) is 0. The smallest absolute Gasteiger partial charge is 0.407 e. The van der Waals surface area contributed by atoms with Crippen LogP contribution >= 0.6 is 11.3 Å². The molecule has 2 aromatic carbocycles. The van der Waals surface area contributed by atoms with Crippen molar-refractivity contribution in [2.45, 2.75) is 12.3 Å². The molecule has 0 radical (unpaired) electrons. The van der Waals surface area contributed by atoms with Crippen molar-refractivity contribution in [3.63, 3.8) is 0 Å². The minimum atomic E-state index is -1.07. The second-order valence-electron chi connectivity index (χ2n) is 7.58. The zero-order valence-corrected chi connectivity index (χ0v) is 19.0. The Morgan fingerprint density at radius 1 is 1.03 bits per heavy atom. The first kappa shape index (κ1) is 23.2. The van der Waals surface area contributed by atoms with Gasteiger partial charge in [-0.05, 0) is 22.3 Å². The molecular weight excluding hydrogens is 454 g/mol. The van der Waals surface area contributed by atoms with Gasteiger partial charge in [0.25, 0.3) is 0 Å². The van der Waals surface area contributed by atoms with Gasteiger partial charge < -0.3 is 20.5 Å². The molecule has 0 spiro atoms. The fourth-order valence-electron chi connectivity index (χ4n) is 3.83. The Hall–Kier alpha value is -3.98. The van der Waals surface area contributed by atoms with Crippen LogP contribution in [0.25, 0.3) is 11.1 Å². The van der Waals surface area contributed by atoms with Gasteiger partial charge in [-0.15, -0.1) is 11.3 Å². The highest BCUT2D eigenvalue weighted by Crippen LogP contribution is 2.44. The molecule has 3 N–H and O–H groups in total. The number of amides is 2. The zero-order valence-electron chi connectivity index (χ0n) is 18.2. The lowest BCUT2D eigenvalue weighted by Gasteiger charge is -2.14. The minimum Gasteiger partial charge on any atom is -0.476 e. The molecule has 1 aliphatic rings. The second-order valence-corrected chi connectivity index (χ2v) is 8.52. The van der Waals surface area contributed by atoms with Crippen molar-refractivity contribution >= 4 is 29.3 Å². The summed E-state index contributed by atoms with van der Waals surface area (Å²) in [5.74, 6) is -1.40. The van der Waals surface area contributed by atoms with Crippen LogP contribution in [0.4, 0.5) is 4.79 Å². The van der Waals surface area contributed by atoms with Crippen molar-refractivity contribution in [2.24, 2.45) is 0 Å². The van der Waals surface area contributed by atoms with E-state index in [2.05, 4.69) is 39.9 Å². The molecule has 0 fully saturated rings. The van der Waals surface area contributed by atoms with Crippen LogP contribution in [0.5, 0.6) is 0 Å². The minimum absolute atomic E-state index is 0.00512. The quantitative estimate of drug-likeness (QED) is 0.406. The predicted octanol–water partition coefficient (Wildman–Crippen LogP) is 3.59. The van der Waals surface area contributed by atoms with Gasteiger partial charge in [-0.2, -0.15) is 0 Å². The fourth-order valence-corrected chi connectivity index (χ4v) is 4.61. The highest BCUT2D eigenvalue weighted by atomic mass is 32.1. The lowest BCUT2D eigenvalue weighted by molar-refractivity contribution is -0.116. The number of nitrogens with zero attached hydrogens (tertiary/aromatic N) is 1. The van der Waals surface area contributed by atoms with Crippen LogP contribution in [0.15, 0.2) is 66.1 Å². The molecule has 1 heterocycles. The monoisotopic (exact) mass is 477 g/mol. The van der Waals surface area contributed by atoms with Crippen molar-refractivity contribution < 1.29 is 24.2 Å². The van der Waals surface area contributed by atoms with Crippen LogP contribution < -0.4 is 10.6 Å². The number of carboxylic acids is 1. The summed E-state index contributed by atoms with van der Waals surface area (Å²) in [4.78, 5) is 38.8. The third kappa shape index (κ3) is 5.49. The Morgan fingerprint density at radius 3 is 2.35 bits per heavy atom. The van der Waals surface area contributed by atoms with E-state index in [9.17, 15) is 14.4 Å². The summed E-state index contributed by atoms with van der Waals surface area (Å²) in [6, 6.07) is 16.2. The molecule has 1 aromatic heterocycles. The van der Waals surface area contributed by atoms with E-state index in [-0.39, 0.29) is 30.7 Å². The molecule has 34 heavy (non-hydrogen) atoms. The number of carboxylic acid groups (broad SMARTS) is 1. The molecule has 0 bridgehead atoms. The Kier molecular flexibility index (Phi) is 7.34. The Morgan fingerprint density at radius 2 is 1.71 bits per heavy atom. The average Bonchev–Trinajstić information content (AvgIpc) is 3.44. The van der Waals surface area contributed by atoms with E-state index >= 15 is 0 Å². The highest BCUT2D eigenvalue weighted by Gasteiger charge is 2.28. The van der Waals surface area contributed by atoms with E-state index in [1.807, 2.05) is 24.3 Å². The zero-order chi connectivity index (χ0) is 23.9. The number of fused-ring (bicyclic) bond motifs is 3. The molecule has 1 aliphatic carbocycles. The summed E-state index contributed by atoms with van der Waals surface area (Å²) < 4.78 is 5.45. The average molecular weight is 478 g/mol. The van der Waals surface area contributed by atoms with Crippen LogP contribution in [0, 0.1) is 0 Å². The maximum absolute atomic E-state index is 12.1. The number of rotatable bonds is 9. The van der Waals surface area contributed by atoms with Gasteiger partial charge in [-0.1, -0.05) is 54.6 Å². The van der Waals surface area contributed by atoms with Gasteiger partial charge >= 0.3 is 12.1 Å². The number of hydrogen-bond acceptors (Lipinski definition) is 6. The first-order valence-electron chi connectivity index (χ1n) is 10.7. The van der Waals surface area contributed by atoms with E-state index in [4.69, 9.17) is 9.84 Å². The highest BCUT2D eigenvalue weighted by molar-refractivity contribution is 7.09. The SMILES string of the molecule is O=C(/C=C/CNC(=O)OCC1c2ccccc2-c2ccccc21)NCCc1nc(C(=O)O)cs1. The maximum atomic E-state index is 12.1. The normalized spacial score (nSPS) is 12.2. The van der Waals surface area contributed by atoms with Crippen molar-refractivity contribution in [3.05, 3.63) is 87.9 Å². The summed E-state index contributed by atoms with van der Waals surface area (Å²) in [6.07, 6.45) is 2.75. The molecule has 2 amide bonds. The number of ether oxygens (including phenoxy) is 1. The molecule has 0 atom stereocenters. The van der Waals surface area contributed by atoms with Crippen LogP contribution in [0.1, 0.15) is 32.5 Å². The van der Waals surface area contributed by atoms with E-state index < -0.39 is 12.1 Å². The van der Waals surface area contributed by atoms with Crippen molar-refractivity contribution in [3.8, 4) is 11.1 Å². The van der Waals surface area contributed by atoms with Crippen LogP contribution in [-0.2, 0) is 16.0 Å². The van der Waals surface area contributed by atoms with Gasteiger partial charge in [0.05, 0.1) is 5.01 Å². The number of aromatic carboxylic acids is 1. The van der Waals surface area contributed by atoms with Gasteiger partial charge in [0.15, 0.2) is 5.69 Å². The van der Waals surface area contributed by atoms with Crippen LogP contribution in [0.2, 0.25) is 0 Å². The Balaban J connectivity index is 1.17. The molecule has 174 valence electrons. The van der Waals surface area contributed by atoms with E-state index in [1.54, 1.807) is 0 Å². The molecule has 0 unspecified atom stereocenters. The van der Waals surface area contributed by atoms with Crippen LogP contribution in [0.3, 0.4) is 0 Å². The third-order valence-corrected chi connectivity index (χ3v) is 6.29. The lowest BCUT2D eigenvalue weighted by Crippen LogP contribution is -2.27. The first-order valence-corrected chi connectivity index (χ1v) is 11.6. The van der Waals surface area contributed by atoms with Crippen molar-refractivity contribution in [2.75, 3.05) is 19.7 Å². The maximum Gasteiger partial charge on any atom is 0.407 e. The molecule has 0 aliphatic heterocycles. The summed E-state index contributed by atoms with van der Waals surface area (Å²) >= 11 is 1.24. The number of carbonyl (C=O) groups is 3. The lowest BCUT2D eigenvalue weighted by atomic mass is 9.98. The number of alkyl carbamates (subject to hydrolysis) is 1. The number of carbonyl (C=O) groups excluding carboxylic acids is 2. The largest absolute Gasteiger partial charge is 0.476 e. The van der Waals surface area contributed by atoms with Gasteiger partial charge in [0.1, 0.15) is 6.61 Å². The predicted molar refractivity (Wildman–Crippen MR) is 128 cm³/mol. The molecule has 8 nitrogen and oxygen atoms in total. The summed E-state index contributed by atoms with van der Waals surface area (Å²) in [5.41, 5.74) is 4.62. The molecule has 0 saturated carbocycles. The molecule has 9 heteroatoms. The second kappa shape index (κ2) is 10.8. The van der Waals surface area contributed by atoms with Crippen molar-refractivity contribution in [1.82, 2.24) is 15.6 Å². The topological polar surface area (TPSA) is 118 Å². The number of thiazole rings is 1. The molecule has 3 aromatic rings. The molecule has 4 rings (SSSR count). The summed E-state index contributed by atoms with van der Waals surface area (Å²) in [5, 5.41) is 16.3. The number of aromatic nitrogens is 1. The first-order chi connectivity index (χ1) is 16.5. The number of benzene rings is 2. The van der Waals surface area contributed by atoms with E-state index in [0.29, 0.717) is 18.0 Å².